The molecule has 17 heavy (non-hydrogen) atoms. The van der Waals surface area contributed by atoms with Crippen LogP contribution >= 0.6 is 0 Å². The van der Waals surface area contributed by atoms with Gasteiger partial charge < -0.3 is 5.11 Å². The van der Waals surface area contributed by atoms with E-state index in [1.165, 1.54) is 0 Å². The van der Waals surface area contributed by atoms with E-state index >= 15 is 0 Å². The first-order chi connectivity index (χ1) is 8.15. The number of rotatable bonds is 2. The molecule has 4 heteroatoms. The summed E-state index contributed by atoms with van der Waals surface area (Å²) in [5.41, 5.74) is -0.315. The molecule has 0 saturated heterocycles. The SMILES string of the molecule is O=Cc1c(F)cc(-c2ccccc2)c(F)c1O. The number of carbonyl (C=O) groups is 1. The second-order valence-electron chi connectivity index (χ2n) is 3.47. The van der Waals surface area contributed by atoms with E-state index in [9.17, 15) is 18.7 Å². The topological polar surface area (TPSA) is 37.3 Å². The van der Waals surface area contributed by atoms with Crippen molar-refractivity contribution in [2.45, 2.75) is 0 Å². The summed E-state index contributed by atoms with van der Waals surface area (Å²) in [4.78, 5) is 10.5. The highest BCUT2D eigenvalue weighted by atomic mass is 19.1. The Morgan fingerprint density at radius 2 is 1.76 bits per heavy atom. The molecule has 0 heterocycles. The molecule has 0 saturated carbocycles. The molecule has 0 atom stereocenters. The lowest BCUT2D eigenvalue weighted by Crippen LogP contribution is -1.95. The van der Waals surface area contributed by atoms with Crippen molar-refractivity contribution in [1.29, 1.82) is 0 Å². The van der Waals surface area contributed by atoms with Crippen molar-refractivity contribution in [3.63, 3.8) is 0 Å². The van der Waals surface area contributed by atoms with Crippen LogP contribution < -0.4 is 0 Å². The smallest absolute Gasteiger partial charge is 0.173 e. The normalized spacial score (nSPS) is 10.2. The number of phenols is 1. The third kappa shape index (κ3) is 1.89. The van der Waals surface area contributed by atoms with E-state index in [0.717, 1.165) is 6.07 Å². The molecular formula is C13H8F2O2. The summed E-state index contributed by atoms with van der Waals surface area (Å²) in [6.45, 7) is 0. The van der Waals surface area contributed by atoms with E-state index in [0.29, 0.717) is 5.56 Å². The molecule has 1 N–H and O–H groups in total. The van der Waals surface area contributed by atoms with E-state index in [2.05, 4.69) is 0 Å². The lowest BCUT2D eigenvalue weighted by atomic mass is 10.0. The van der Waals surface area contributed by atoms with Gasteiger partial charge in [0.15, 0.2) is 17.9 Å². The zero-order valence-corrected chi connectivity index (χ0v) is 8.65. The Morgan fingerprint density at radius 1 is 1.12 bits per heavy atom. The molecule has 0 aromatic heterocycles. The van der Waals surface area contributed by atoms with Gasteiger partial charge in [0.2, 0.25) is 0 Å². The Hall–Kier alpha value is -2.23. The third-order valence-corrected chi connectivity index (χ3v) is 2.43. The Kier molecular flexibility index (Phi) is 2.87. The quantitative estimate of drug-likeness (QED) is 0.810. The number of hydrogen-bond donors (Lipinski definition) is 1. The van der Waals surface area contributed by atoms with Gasteiger partial charge in [0.05, 0.1) is 5.56 Å². The van der Waals surface area contributed by atoms with Crippen molar-refractivity contribution < 1.29 is 18.7 Å². The molecule has 2 nitrogen and oxygen atoms in total. The van der Waals surface area contributed by atoms with Crippen molar-refractivity contribution >= 4 is 6.29 Å². The number of hydrogen-bond acceptors (Lipinski definition) is 2. The maximum Gasteiger partial charge on any atom is 0.173 e. The van der Waals surface area contributed by atoms with Crippen molar-refractivity contribution in [2.24, 2.45) is 0 Å². The molecular weight excluding hydrogens is 226 g/mol. The zero-order valence-electron chi connectivity index (χ0n) is 8.65. The number of benzene rings is 2. The third-order valence-electron chi connectivity index (χ3n) is 2.43. The van der Waals surface area contributed by atoms with Crippen LogP contribution in [0.2, 0.25) is 0 Å². The van der Waals surface area contributed by atoms with E-state index in [4.69, 9.17) is 0 Å². The molecule has 2 rings (SSSR count). The van der Waals surface area contributed by atoms with E-state index in [1.54, 1.807) is 30.3 Å². The predicted molar refractivity (Wildman–Crippen MR) is 58.8 cm³/mol. The van der Waals surface area contributed by atoms with Crippen LogP contribution in [-0.2, 0) is 0 Å². The van der Waals surface area contributed by atoms with Crippen molar-refractivity contribution in [1.82, 2.24) is 0 Å². The molecule has 0 fully saturated rings. The first kappa shape index (κ1) is 11.3. The second-order valence-corrected chi connectivity index (χ2v) is 3.47. The van der Waals surface area contributed by atoms with Gasteiger partial charge in [0.1, 0.15) is 5.82 Å². The molecule has 0 aliphatic heterocycles. The number of carbonyl (C=O) groups excluding carboxylic acids is 1. The summed E-state index contributed by atoms with van der Waals surface area (Å²) in [6.07, 6.45) is 0.0858. The van der Waals surface area contributed by atoms with Crippen LogP contribution in [0.3, 0.4) is 0 Å². The zero-order chi connectivity index (χ0) is 12.4. The van der Waals surface area contributed by atoms with Crippen LogP contribution in [0.1, 0.15) is 10.4 Å². The van der Waals surface area contributed by atoms with Gasteiger partial charge in [-0.3, -0.25) is 4.79 Å². The van der Waals surface area contributed by atoms with Gasteiger partial charge >= 0.3 is 0 Å². The molecule has 0 bridgehead atoms. The first-order valence-electron chi connectivity index (χ1n) is 4.86. The Balaban J connectivity index is 2.69. The summed E-state index contributed by atoms with van der Waals surface area (Å²) < 4.78 is 27.2. The number of phenolic OH excluding ortho intramolecular Hbond substituents is 1. The van der Waals surface area contributed by atoms with Gasteiger partial charge in [0, 0.05) is 5.56 Å². The summed E-state index contributed by atoms with van der Waals surface area (Å²) in [5.74, 6) is -2.91. The summed E-state index contributed by atoms with van der Waals surface area (Å²) in [5, 5.41) is 9.37. The molecule has 0 aliphatic rings. The monoisotopic (exact) mass is 234 g/mol. The second kappa shape index (κ2) is 4.33. The van der Waals surface area contributed by atoms with E-state index in [-0.39, 0.29) is 11.8 Å². The number of aromatic hydroxyl groups is 1. The lowest BCUT2D eigenvalue weighted by molar-refractivity contribution is 0.111. The number of aldehydes is 1. The van der Waals surface area contributed by atoms with Crippen molar-refractivity contribution in [3.8, 4) is 16.9 Å². The summed E-state index contributed by atoms with van der Waals surface area (Å²) in [6, 6.07) is 9.12. The molecule has 0 amide bonds. The van der Waals surface area contributed by atoms with Gasteiger partial charge in [0.25, 0.3) is 0 Å². The highest BCUT2D eigenvalue weighted by Crippen LogP contribution is 2.32. The van der Waals surface area contributed by atoms with Crippen LogP contribution in [0.15, 0.2) is 36.4 Å². The molecule has 2 aromatic carbocycles. The van der Waals surface area contributed by atoms with Gasteiger partial charge in [-0.1, -0.05) is 30.3 Å². The summed E-state index contributed by atoms with van der Waals surface area (Å²) in [7, 11) is 0. The average Bonchev–Trinajstić information content (AvgIpc) is 2.35. The van der Waals surface area contributed by atoms with E-state index < -0.39 is 22.9 Å². The van der Waals surface area contributed by atoms with Gasteiger partial charge in [-0.05, 0) is 11.6 Å². The minimum absolute atomic E-state index is 0.0776. The fraction of sp³-hybridized carbons (Fsp3) is 0. The minimum Gasteiger partial charge on any atom is -0.504 e. The van der Waals surface area contributed by atoms with E-state index in [1.807, 2.05) is 0 Å². The lowest BCUT2D eigenvalue weighted by Gasteiger charge is -2.07. The Morgan fingerprint density at radius 3 is 2.35 bits per heavy atom. The maximum atomic E-state index is 13.7. The standard InChI is InChI=1S/C13H8F2O2/c14-11-6-9(8-4-2-1-3-5-8)12(15)13(17)10(11)7-16/h1-7,17H. The van der Waals surface area contributed by atoms with Crippen LogP contribution in [0.4, 0.5) is 8.78 Å². The van der Waals surface area contributed by atoms with Crippen molar-refractivity contribution in [2.75, 3.05) is 0 Å². The van der Waals surface area contributed by atoms with Gasteiger partial charge in [-0.25, -0.2) is 8.78 Å². The minimum atomic E-state index is -1.00. The fourth-order valence-electron chi connectivity index (χ4n) is 1.57. The average molecular weight is 234 g/mol. The van der Waals surface area contributed by atoms with Gasteiger partial charge in [-0.2, -0.15) is 0 Å². The summed E-state index contributed by atoms with van der Waals surface area (Å²) >= 11 is 0. The molecule has 0 radical (unpaired) electrons. The van der Waals surface area contributed by atoms with Crippen LogP contribution in [0.25, 0.3) is 11.1 Å². The number of halogens is 2. The molecule has 0 spiro atoms. The predicted octanol–water partition coefficient (Wildman–Crippen LogP) is 3.15. The van der Waals surface area contributed by atoms with Crippen molar-refractivity contribution in [3.05, 3.63) is 53.6 Å². The molecule has 86 valence electrons. The molecule has 0 aliphatic carbocycles. The Bertz CT molecular complexity index is 565. The highest BCUT2D eigenvalue weighted by Gasteiger charge is 2.18. The van der Waals surface area contributed by atoms with Crippen LogP contribution in [-0.4, -0.2) is 11.4 Å². The van der Waals surface area contributed by atoms with Gasteiger partial charge in [-0.15, -0.1) is 0 Å². The van der Waals surface area contributed by atoms with Crippen LogP contribution in [0, 0.1) is 11.6 Å². The largest absolute Gasteiger partial charge is 0.504 e. The maximum absolute atomic E-state index is 13.7. The molecule has 0 unspecified atom stereocenters. The highest BCUT2D eigenvalue weighted by molar-refractivity contribution is 5.82. The Labute approximate surface area is 96.1 Å². The fourth-order valence-corrected chi connectivity index (χ4v) is 1.57. The molecule has 2 aromatic rings. The van der Waals surface area contributed by atoms with Crippen LogP contribution in [0.5, 0.6) is 5.75 Å². The first-order valence-corrected chi connectivity index (χ1v) is 4.86.